The monoisotopic (exact) mass is 540 g/mol. The van der Waals surface area contributed by atoms with Crippen LogP contribution in [0.5, 0.6) is 0 Å². The van der Waals surface area contributed by atoms with Crippen molar-refractivity contribution >= 4 is 53.7 Å². The van der Waals surface area contributed by atoms with Crippen LogP contribution in [0.1, 0.15) is 67.2 Å². The molecular weight excluding hydrogens is 512 g/mol. The van der Waals surface area contributed by atoms with Gasteiger partial charge < -0.3 is 10.6 Å². The zero-order valence-corrected chi connectivity index (χ0v) is 20.9. The lowest BCUT2D eigenvalue weighted by Crippen LogP contribution is -2.73. The Labute approximate surface area is 177 Å². The molecule has 0 radical (unpaired) electrons. The largest absolute Gasteiger partial charge is 0.353 e. The molecule has 3 atom stereocenters. The summed E-state index contributed by atoms with van der Waals surface area (Å²) in [6, 6.07) is 0.225. The molecule has 1 saturated heterocycles. The number of hydrogen-bond acceptors (Lipinski definition) is 2. The summed E-state index contributed by atoms with van der Waals surface area (Å²) in [5, 5.41) is 7.15. The number of halogens is 3. The first-order valence-corrected chi connectivity index (χ1v) is 12.0. The lowest BCUT2D eigenvalue weighted by atomic mass is 9.43. The summed E-state index contributed by atoms with van der Waals surface area (Å²) in [4.78, 5) is 13.7. The SMILES string of the molecule is CC1(C)CC(NC(=O)[C@@]23CC[C@](C(Br)Br)([C@@H]2Br)C3(C)C)CC(C)(C)N1. The van der Waals surface area contributed by atoms with Gasteiger partial charge in [-0.05, 0) is 58.8 Å². The van der Waals surface area contributed by atoms with Gasteiger partial charge in [0, 0.05) is 27.4 Å². The number of nitrogens with one attached hydrogen (secondary N) is 2. The van der Waals surface area contributed by atoms with E-state index in [1.165, 1.54) is 0 Å². The van der Waals surface area contributed by atoms with E-state index in [0.717, 1.165) is 25.7 Å². The van der Waals surface area contributed by atoms with Crippen LogP contribution in [-0.2, 0) is 4.79 Å². The minimum absolute atomic E-state index is 0.0382. The molecule has 0 unspecified atom stereocenters. The molecule has 1 aliphatic heterocycles. The molecule has 0 aromatic heterocycles. The maximum absolute atomic E-state index is 13.5. The molecule has 4 aliphatic rings. The van der Waals surface area contributed by atoms with E-state index in [1.54, 1.807) is 0 Å². The molecule has 3 aliphatic carbocycles. The van der Waals surface area contributed by atoms with Crippen molar-refractivity contribution < 1.29 is 4.79 Å². The maximum atomic E-state index is 13.5. The van der Waals surface area contributed by atoms with E-state index in [9.17, 15) is 4.79 Å². The second-order valence-corrected chi connectivity index (χ2v) is 14.2. The van der Waals surface area contributed by atoms with Crippen molar-refractivity contribution in [2.45, 2.75) is 92.9 Å². The summed E-state index contributed by atoms with van der Waals surface area (Å²) in [7, 11) is 0. The van der Waals surface area contributed by atoms with Crippen LogP contribution in [-0.4, -0.2) is 31.6 Å². The van der Waals surface area contributed by atoms with Crippen LogP contribution in [0.25, 0.3) is 0 Å². The molecule has 3 saturated carbocycles. The van der Waals surface area contributed by atoms with Gasteiger partial charge in [0.05, 0.1) is 9.15 Å². The van der Waals surface area contributed by atoms with Crippen molar-refractivity contribution in [2.24, 2.45) is 16.2 Å². The van der Waals surface area contributed by atoms with E-state index in [-0.39, 0.29) is 47.8 Å². The van der Waals surface area contributed by atoms with Crippen LogP contribution in [0.2, 0.25) is 0 Å². The molecule has 0 aromatic carbocycles. The van der Waals surface area contributed by atoms with Crippen LogP contribution in [0.15, 0.2) is 0 Å². The van der Waals surface area contributed by atoms with Gasteiger partial charge in [0.1, 0.15) is 0 Å². The molecule has 1 heterocycles. The highest BCUT2D eigenvalue weighted by atomic mass is 79.9. The van der Waals surface area contributed by atoms with Crippen LogP contribution >= 0.6 is 47.8 Å². The van der Waals surface area contributed by atoms with Crippen LogP contribution in [0.3, 0.4) is 0 Å². The summed E-state index contributed by atoms with van der Waals surface area (Å²) in [5.74, 6) is 0.242. The molecule has 25 heavy (non-hydrogen) atoms. The van der Waals surface area contributed by atoms with Gasteiger partial charge in [0.15, 0.2) is 0 Å². The molecule has 2 N–H and O–H groups in total. The van der Waals surface area contributed by atoms with E-state index < -0.39 is 0 Å². The van der Waals surface area contributed by atoms with Crippen molar-refractivity contribution in [1.82, 2.24) is 10.6 Å². The van der Waals surface area contributed by atoms with Gasteiger partial charge in [-0.3, -0.25) is 4.79 Å². The van der Waals surface area contributed by atoms with E-state index in [4.69, 9.17) is 0 Å². The highest BCUT2D eigenvalue weighted by Gasteiger charge is 2.83. The topological polar surface area (TPSA) is 41.1 Å². The summed E-state index contributed by atoms with van der Waals surface area (Å²) in [6.45, 7) is 13.4. The van der Waals surface area contributed by atoms with Gasteiger partial charge >= 0.3 is 0 Å². The fourth-order valence-electron chi connectivity index (χ4n) is 6.44. The highest BCUT2D eigenvalue weighted by molar-refractivity contribution is 9.24. The number of carbonyl (C=O) groups excluding carboxylic acids is 1. The molecule has 4 rings (SSSR count). The summed E-state index contributed by atoms with van der Waals surface area (Å²) in [5.41, 5.74) is -0.204. The number of fused-ring (bicyclic) bond motifs is 1. The molecule has 2 bridgehead atoms. The highest BCUT2D eigenvalue weighted by Crippen LogP contribution is 2.82. The van der Waals surface area contributed by atoms with Crippen molar-refractivity contribution in [1.29, 1.82) is 0 Å². The molecule has 1 amide bonds. The van der Waals surface area contributed by atoms with Gasteiger partial charge in [-0.2, -0.15) is 0 Å². The lowest BCUT2D eigenvalue weighted by Gasteiger charge is -2.66. The zero-order valence-electron chi connectivity index (χ0n) is 16.1. The average molecular weight is 543 g/mol. The number of rotatable bonds is 3. The standard InChI is InChI=1S/C19H31Br3N2O/c1-15(2)9-11(10-16(3,4)24-15)23-14(25)19-8-7-18(12(19)20,13(21)22)17(19,5)6/h11-13,24H,7-10H2,1-6H3,(H,23,25)/t12-,18+,19+/m0/s1. The third-order valence-electron chi connectivity index (χ3n) is 7.42. The predicted molar refractivity (Wildman–Crippen MR) is 115 cm³/mol. The normalized spacial score (nSPS) is 41.4. The first kappa shape index (κ1) is 20.6. The first-order valence-electron chi connectivity index (χ1n) is 9.24. The zero-order chi connectivity index (χ0) is 19.1. The third-order valence-corrected chi connectivity index (χ3v) is 10.6. The predicted octanol–water partition coefficient (Wildman–Crippen LogP) is 5.10. The average Bonchev–Trinajstić information content (AvgIpc) is 2.84. The number of alkyl halides is 3. The maximum Gasteiger partial charge on any atom is 0.228 e. The Morgan fingerprint density at radius 2 is 1.56 bits per heavy atom. The fraction of sp³-hybridized carbons (Fsp3) is 0.947. The van der Waals surface area contributed by atoms with Crippen molar-refractivity contribution in [2.75, 3.05) is 0 Å². The van der Waals surface area contributed by atoms with Crippen molar-refractivity contribution in [3.05, 3.63) is 0 Å². The number of carbonyl (C=O) groups is 1. The molecule has 144 valence electrons. The first-order chi connectivity index (χ1) is 11.2. The van der Waals surface area contributed by atoms with Gasteiger partial charge in [-0.15, -0.1) is 0 Å². The molecular formula is C19H31Br3N2O. The smallest absolute Gasteiger partial charge is 0.228 e. The van der Waals surface area contributed by atoms with Crippen LogP contribution < -0.4 is 10.6 Å². The summed E-state index contributed by atoms with van der Waals surface area (Å²) in [6.07, 6.45) is 3.95. The second kappa shape index (κ2) is 5.93. The molecule has 0 aromatic rings. The Bertz CT molecular complexity index is 573. The minimum atomic E-state index is -0.314. The number of hydrogen-bond donors (Lipinski definition) is 2. The van der Waals surface area contributed by atoms with E-state index in [1.807, 2.05) is 0 Å². The Kier molecular flexibility index (Phi) is 4.89. The summed E-state index contributed by atoms with van der Waals surface area (Å²) >= 11 is 11.4. The Hall–Kier alpha value is 0.870. The quantitative estimate of drug-likeness (QED) is 0.487. The van der Waals surface area contributed by atoms with Crippen molar-refractivity contribution in [3.8, 4) is 0 Å². The second-order valence-electron chi connectivity index (χ2n) is 10.3. The minimum Gasteiger partial charge on any atom is -0.353 e. The van der Waals surface area contributed by atoms with Crippen molar-refractivity contribution in [3.63, 3.8) is 0 Å². The Morgan fingerprint density at radius 3 is 1.96 bits per heavy atom. The Balaban J connectivity index is 1.81. The van der Waals surface area contributed by atoms with Gasteiger partial charge in [-0.1, -0.05) is 61.6 Å². The van der Waals surface area contributed by atoms with E-state index in [0.29, 0.717) is 0 Å². The van der Waals surface area contributed by atoms with Gasteiger partial charge in [0.25, 0.3) is 0 Å². The molecule has 0 spiro atoms. The van der Waals surface area contributed by atoms with Gasteiger partial charge in [-0.25, -0.2) is 0 Å². The molecule has 3 nitrogen and oxygen atoms in total. The van der Waals surface area contributed by atoms with Gasteiger partial charge in [0.2, 0.25) is 5.91 Å². The third kappa shape index (κ3) is 2.66. The Morgan fingerprint density at radius 1 is 1.04 bits per heavy atom. The van der Waals surface area contributed by atoms with Crippen LogP contribution in [0.4, 0.5) is 0 Å². The van der Waals surface area contributed by atoms with E-state index in [2.05, 4.69) is 100.0 Å². The fourth-order valence-corrected chi connectivity index (χ4v) is 11.4. The molecule has 4 fully saturated rings. The van der Waals surface area contributed by atoms with Crippen LogP contribution in [0, 0.1) is 16.2 Å². The number of amides is 1. The molecule has 6 heteroatoms. The van der Waals surface area contributed by atoms with E-state index >= 15 is 0 Å². The lowest BCUT2D eigenvalue weighted by molar-refractivity contribution is -0.162. The summed E-state index contributed by atoms with van der Waals surface area (Å²) < 4.78 is 0.215. The number of piperidine rings is 1.